The Morgan fingerprint density at radius 1 is 0.891 bits per heavy atom. The number of aromatic nitrogens is 2. The van der Waals surface area contributed by atoms with Crippen molar-refractivity contribution in [2.24, 2.45) is 4.74 Å². The average Bonchev–Trinajstić information content (AvgIpc) is 3.42. The smallest absolute Gasteiger partial charge is 0.356 e. The van der Waals surface area contributed by atoms with Crippen molar-refractivity contribution in [1.82, 2.24) is 9.55 Å². The first-order chi connectivity index (χ1) is 22.3. The summed E-state index contributed by atoms with van der Waals surface area (Å²) in [5.41, 5.74) is 1.65. The zero-order valence-corrected chi connectivity index (χ0v) is 29.1. The molecule has 0 aliphatic heterocycles. The second kappa shape index (κ2) is 14.9. The SMILES string of the molecule is CCOC(=O)/C(=C/c1cc2c(OC)ccnc2n1COCC[Si](C)(C)C)N=P(c1ccccc1)(c1ccccc1)c1ccccc1. The fourth-order valence-electron chi connectivity index (χ4n) is 5.30. The van der Waals surface area contributed by atoms with E-state index in [1.807, 2.05) is 84.3 Å². The van der Waals surface area contributed by atoms with Crippen LogP contribution in [0.5, 0.6) is 5.75 Å². The molecule has 2 heterocycles. The third-order valence-corrected chi connectivity index (χ3v) is 13.0. The molecule has 0 saturated heterocycles. The van der Waals surface area contributed by atoms with E-state index in [1.54, 1.807) is 13.3 Å². The highest BCUT2D eigenvalue weighted by Crippen LogP contribution is 2.48. The number of methoxy groups -OCH3 is 1. The molecule has 0 fully saturated rings. The van der Waals surface area contributed by atoms with Gasteiger partial charge in [-0.2, -0.15) is 0 Å². The highest BCUT2D eigenvalue weighted by molar-refractivity contribution is 7.87. The molecule has 7 nitrogen and oxygen atoms in total. The zero-order chi connectivity index (χ0) is 32.6. The van der Waals surface area contributed by atoms with Gasteiger partial charge in [0.2, 0.25) is 0 Å². The summed E-state index contributed by atoms with van der Waals surface area (Å²) in [4.78, 5) is 18.6. The van der Waals surface area contributed by atoms with Crippen LogP contribution < -0.4 is 20.7 Å². The van der Waals surface area contributed by atoms with Gasteiger partial charge < -0.3 is 18.8 Å². The molecule has 0 unspecified atom stereocenters. The Hall–Kier alpha value is -4.23. The summed E-state index contributed by atoms with van der Waals surface area (Å²) in [6, 6.07) is 35.5. The Bertz CT molecular complexity index is 1750. The number of fused-ring (bicyclic) bond motifs is 1. The molecule has 0 atom stereocenters. The maximum atomic E-state index is 13.9. The van der Waals surface area contributed by atoms with E-state index in [1.165, 1.54) is 0 Å². The Labute approximate surface area is 272 Å². The molecule has 238 valence electrons. The molecule has 0 radical (unpaired) electrons. The number of esters is 1. The van der Waals surface area contributed by atoms with Crippen molar-refractivity contribution >= 4 is 54.1 Å². The first-order valence-corrected chi connectivity index (χ1v) is 21.0. The van der Waals surface area contributed by atoms with Crippen LogP contribution in [-0.4, -0.2) is 43.9 Å². The first kappa shape index (κ1) is 33.1. The van der Waals surface area contributed by atoms with Crippen molar-refractivity contribution in [1.29, 1.82) is 0 Å². The van der Waals surface area contributed by atoms with Gasteiger partial charge >= 0.3 is 5.97 Å². The van der Waals surface area contributed by atoms with Gasteiger partial charge in [-0.05, 0) is 31.2 Å². The fraction of sp³-hybridized carbons (Fsp3) is 0.243. The summed E-state index contributed by atoms with van der Waals surface area (Å²) >= 11 is 0. The summed E-state index contributed by atoms with van der Waals surface area (Å²) in [5.74, 6) is 0.195. The lowest BCUT2D eigenvalue weighted by Crippen LogP contribution is -2.26. The van der Waals surface area contributed by atoms with Crippen LogP contribution in [0.15, 0.2) is 120 Å². The maximum Gasteiger partial charge on any atom is 0.356 e. The summed E-state index contributed by atoms with van der Waals surface area (Å²) in [5, 5.41) is 3.91. The highest BCUT2D eigenvalue weighted by atomic mass is 31.2. The molecule has 5 rings (SSSR count). The third-order valence-electron chi connectivity index (χ3n) is 7.64. The quantitative estimate of drug-likeness (QED) is 0.0435. The molecule has 0 bridgehead atoms. The number of nitrogens with zero attached hydrogens (tertiary/aromatic N) is 3. The number of ether oxygens (including phenoxy) is 3. The van der Waals surface area contributed by atoms with E-state index >= 15 is 0 Å². The number of carbonyl (C=O) groups is 1. The number of rotatable bonds is 13. The van der Waals surface area contributed by atoms with Crippen LogP contribution in [0.25, 0.3) is 17.1 Å². The number of hydrogen-bond acceptors (Lipinski definition) is 6. The maximum absolute atomic E-state index is 13.9. The van der Waals surface area contributed by atoms with Gasteiger partial charge in [0, 0.05) is 42.5 Å². The van der Waals surface area contributed by atoms with E-state index in [9.17, 15) is 4.79 Å². The summed E-state index contributed by atoms with van der Waals surface area (Å²) < 4.78 is 25.1. The lowest BCUT2D eigenvalue weighted by Gasteiger charge is -2.27. The minimum Gasteiger partial charge on any atom is -0.496 e. The van der Waals surface area contributed by atoms with Crippen LogP contribution >= 0.6 is 7.05 Å². The Morgan fingerprint density at radius 3 is 1.96 bits per heavy atom. The van der Waals surface area contributed by atoms with Crippen molar-refractivity contribution in [3.8, 4) is 5.75 Å². The number of pyridine rings is 1. The monoisotopic (exact) mass is 651 g/mol. The summed E-state index contributed by atoms with van der Waals surface area (Å²) in [6.07, 6.45) is 3.53. The van der Waals surface area contributed by atoms with Crippen molar-refractivity contribution in [3.05, 3.63) is 121 Å². The van der Waals surface area contributed by atoms with Gasteiger partial charge in [-0.1, -0.05) is 111 Å². The minimum absolute atomic E-state index is 0.219. The lowest BCUT2D eigenvalue weighted by atomic mass is 10.2. The second-order valence-electron chi connectivity index (χ2n) is 12.1. The molecule has 2 aromatic heterocycles. The molecule has 0 N–H and O–H groups in total. The summed E-state index contributed by atoms with van der Waals surface area (Å²) in [7, 11) is -2.40. The van der Waals surface area contributed by atoms with Crippen LogP contribution in [0, 0.1) is 0 Å². The predicted octanol–water partition coefficient (Wildman–Crippen LogP) is 7.44. The standard InChI is InChI=1S/C37H42N3O4PSi/c1-6-44-37(41)34(27-29-26-33-35(42-2)22-23-38-36(33)40(29)28-43-24-25-46(3,4)5)39-45(30-16-10-7-11-17-30,31-18-12-8-13-19-31)32-20-14-9-15-21-32/h7-23,26-27H,6,24-25,28H2,1-5H3/b34-27-. The molecule has 3 aromatic carbocycles. The van der Waals surface area contributed by atoms with Gasteiger partial charge in [0.1, 0.15) is 23.8 Å². The Balaban J connectivity index is 1.80. The van der Waals surface area contributed by atoms with Crippen molar-refractivity contribution in [3.63, 3.8) is 0 Å². The van der Waals surface area contributed by atoms with Gasteiger partial charge in [0.05, 0.1) is 26.2 Å². The number of hydrogen-bond donors (Lipinski definition) is 0. The van der Waals surface area contributed by atoms with Gasteiger partial charge in [-0.15, -0.1) is 0 Å². The van der Waals surface area contributed by atoms with Crippen LogP contribution in [0.2, 0.25) is 25.7 Å². The van der Waals surface area contributed by atoms with Gasteiger partial charge in [-0.3, -0.25) is 0 Å². The molecular formula is C37H42N3O4PSi. The molecule has 9 heteroatoms. The van der Waals surface area contributed by atoms with E-state index in [0.717, 1.165) is 33.0 Å². The van der Waals surface area contributed by atoms with Crippen LogP contribution in [0.1, 0.15) is 12.6 Å². The van der Waals surface area contributed by atoms with Crippen LogP contribution in [0.3, 0.4) is 0 Å². The van der Waals surface area contributed by atoms with E-state index in [0.29, 0.717) is 18.0 Å². The van der Waals surface area contributed by atoms with E-state index in [2.05, 4.69) is 61.0 Å². The topological polar surface area (TPSA) is 74.9 Å². The van der Waals surface area contributed by atoms with Gasteiger partial charge in [0.25, 0.3) is 0 Å². The zero-order valence-electron chi connectivity index (χ0n) is 27.2. The third kappa shape index (κ3) is 7.42. The van der Waals surface area contributed by atoms with Gasteiger partial charge in [0.15, 0.2) is 0 Å². The lowest BCUT2D eigenvalue weighted by molar-refractivity contribution is -0.138. The Kier molecular flexibility index (Phi) is 10.7. The van der Waals surface area contributed by atoms with E-state index in [4.69, 9.17) is 19.0 Å². The second-order valence-corrected chi connectivity index (χ2v) is 20.7. The normalized spacial score (nSPS) is 12.2. The minimum atomic E-state index is -2.75. The molecule has 0 aliphatic rings. The van der Waals surface area contributed by atoms with Crippen LogP contribution in [0.4, 0.5) is 0 Å². The molecule has 5 aromatic rings. The number of benzene rings is 3. The predicted molar refractivity (Wildman–Crippen MR) is 193 cm³/mol. The first-order valence-electron chi connectivity index (χ1n) is 15.5. The highest BCUT2D eigenvalue weighted by Gasteiger charge is 2.29. The van der Waals surface area contributed by atoms with Crippen LogP contribution in [-0.2, 0) is 21.0 Å². The van der Waals surface area contributed by atoms with Gasteiger partial charge in [-0.25, -0.2) is 14.5 Å². The van der Waals surface area contributed by atoms with E-state index < -0.39 is 21.1 Å². The van der Waals surface area contributed by atoms with Crippen molar-refractivity contribution < 1.29 is 19.0 Å². The Morgan fingerprint density at radius 2 is 1.46 bits per heavy atom. The molecule has 46 heavy (non-hydrogen) atoms. The number of carbonyl (C=O) groups excluding carboxylic acids is 1. The summed E-state index contributed by atoms with van der Waals surface area (Å²) in [6.45, 7) is 9.93. The molecule has 0 saturated carbocycles. The van der Waals surface area contributed by atoms with Crippen molar-refractivity contribution in [2.45, 2.75) is 39.3 Å². The molecule has 0 amide bonds. The molecular weight excluding hydrogens is 609 g/mol. The largest absolute Gasteiger partial charge is 0.496 e. The fourth-order valence-corrected chi connectivity index (χ4v) is 9.57. The molecule has 0 spiro atoms. The molecule has 0 aliphatic carbocycles. The average molecular weight is 652 g/mol. The van der Waals surface area contributed by atoms with E-state index in [-0.39, 0.29) is 19.0 Å². The van der Waals surface area contributed by atoms with Crippen molar-refractivity contribution in [2.75, 3.05) is 20.3 Å².